The van der Waals surface area contributed by atoms with Crippen LogP contribution in [0.15, 0.2) is 18.7 Å². The van der Waals surface area contributed by atoms with Crippen LogP contribution in [0.2, 0.25) is 0 Å². The predicted octanol–water partition coefficient (Wildman–Crippen LogP) is -0.411. The van der Waals surface area contributed by atoms with E-state index in [1.807, 2.05) is 13.8 Å². The SMILES string of the molecule is CC(C)OB(O)c1cncnc1. The second-order valence-electron chi connectivity index (χ2n) is 2.71. The van der Waals surface area contributed by atoms with E-state index in [1.165, 1.54) is 18.7 Å². The summed E-state index contributed by atoms with van der Waals surface area (Å²) in [4.78, 5) is 7.52. The average Bonchev–Trinajstić information content (AvgIpc) is 2.05. The van der Waals surface area contributed by atoms with Crippen LogP contribution in [0.4, 0.5) is 0 Å². The Labute approximate surface area is 71.8 Å². The molecule has 0 radical (unpaired) electrons. The molecule has 4 nitrogen and oxygen atoms in total. The summed E-state index contributed by atoms with van der Waals surface area (Å²) < 4.78 is 5.11. The second kappa shape index (κ2) is 4.18. The van der Waals surface area contributed by atoms with E-state index < -0.39 is 7.12 Å². The van der Waals surface area contributed by atoms with Crippen LogP contribution in [0.5, 0.6) is 0 Å². The van der Waals surface area contributed by atoms with Gasteiger partial charge in [0.25, 0.3) is 0 Å². The topological polar surface area (TPSA) is 55.2 Å². The number of hydrogen-bond donors (Lipinski definition) is 1. The summed E-state index contributed by atoms with van der Waals surface area (Å²) in [6.07, 6.45) is 4.45. The molecule has 0 bridgehead atoms. The van der Waals surface area contributed by atoms with Crippen LogP contribution in [0.25, 0.3) is 0 Å². The van der Waals surface area contributed by atoms with Gasteiger partial charge in [0.2, 0.25) is 0 Å². The molecule has 1 N–H and O–H groups in total. The minimum atomic E-state index is -0.925. The standard InChI is InChI=1S/C7H11BN2O2/c1-6(2)12-8(11)7-3-9-5-10-4-7/h3-6,11H,1-2H3. The zero-order valence-corrected chi connectivity index (χ0v) is 7.14. The lowest BCUT2D eigenvalue weighted by molar-refractivity contribution is 0.207. The van der Waals surface area contributed by atoms with Crippen LogP contribution in [0, 0.1) is 0 Å². The fourth-order valence-corrected chi connectivity index (χ4v) is 0.775. The zero-order chi connectivity index (χ0) is 8.97. The molecule has 0 aliphatic rings. The average molecular weight is 166 g/mol. The van der Waals surface area contributed by atoms with Crippen molar-refractivity contribution >= 4 is 12.6 Å². The van der Waals surface area contributed by atoms with Gasteiger partial charge < -0.3 is 9.68 Å². The first kappa shape index (κ1) is 9.16. The van der Waals surface area contributed by atoms with Gasteiger partial charge in [-0.15, -0.1) is 0 Å². The van der Waals surface area contributed by atoms with Gasteiger partial charge in [0.15, 0.2) is 0 Å². The molecule has 0 aliphatic carbocycles. The van der Waals surface area contributed by atoms with Crippen molar-refractivity contribution in [2.24, 2.45) is 0 Å². The first-order valence-electron chi connectivity index (χ1n) is 3.78. The van der Waals surface area contributed by atoms with E-state index in [9.17, 15) is 5.02 Å². The molecule has 5 heteroatoms. The smallest absolute Gasteiger partial charge is 0.423 e. The summed E-state index contributed by atoms with van der Waals surface area (Å²) in [5, 5.41) is 9.39. The van der Waals surface area contributed by atoms with Crippen molar-refractivity contribution in [1.29, 1.82) is 0 Å². The molecule has 12 heavy (non-hydrogen) atoms. The molecule has 0 unspecified atom stereocenters. The minimum absolute atomic E-state index is 0.0137. The monoisotopic (exact) mass is 166 g/mol. The van der Waals surface area contributed by atoms with Crippen LogP contribution < -0.4 is 5.46 Å². The quantitative estimate of drug-likeness (QED) is 0.620. The van der Waals surface area contributed by atoms with Crippen LogP contribution in [-0.4, -0.2) is 28.2 Å². The fourth-order valence-electron chi connectivity index (χ4n) is 0.775. The Morgan fingerprint density at radius 3 is 2.50 bits per heavy atom. The van der Waals surface area contributed by atoms with Gasteiger partial charge in [0.05, 0.1) is 0 Å². The summed E-state index contributed by atoms with van der Waals surface area (Å²) in [5.74, 6) is 0. The van der Waals surface area contributed by atoms with Crippen LogP contribution in [0.3, 0.4) is 0 Å². The summed E-state index contributed by atoms with van der Waals surface area (Å²) >= 11 is 0. The highest BCUT2D eigenvalue weighted by Crippen LogP contribution is 1.90. The van der Waals surface area contributed by atoms with E-state index >= 15 is 0 Å². The van der Waals surface area contributed by atoms with E-state index in [0.29, 0.717) is 5.46 Å². The predicted molar refractivity (Wildman–Crippen MR) is 45.9 cm³/mol. The van der Waals surface area contributed by atoms with Crippen LogP contribution in [0.1, 0.15) is 13.8 Å². The van der Waals surface area contributed by atoms with Gasteiger partial charge in [-0.1, -0.05) is 0 Å². The van der Waals surface area contributed by atoms with Crippen molar-refractivity contribution in [2.75, 3.05) is 0 Å². The molecule has 0 amide bonds. The van der Waals surface area contributed by atoms with E-state index in [2.05, 4.69) is 9.97 Å². The lowest BCUT2D eigenvalue weighted by atomic mass is 9.81. The lowest BCUT2D eigenvalue weighted by Gasteiger charge is -2.09. The van der Waals surface area contributed by atoms with Crippen molar-refractivity contribution in [1.82, 2.24) is 9.97 Å². The molecule has 64 valence electrons. The number of hydrogen-bond acceptors (Lipinski definition) is 4. The molecule has 0 aromatic carbocycles. The van der Waals surface area contributed by atoms with Crippen molar-refractivity contribution in [3.63, 3.8) is 0 Å². The van der Waals surface area contributed by atoms with Gasteiger partial charge in [-0.05, 0) is 13.8 Å². The Kier molecular flexibility index (Phi) is 3.19. The first-order valence-corrected chi connectivity index (χ1v) is 3.78. The van der Waals surface area contributed by atoms with E-state index in [-0.39, 0.29) is 6.10 Å². The maximum absolute atomic E-state index is 9.39. The maximum atomic E-state index is 9.39. The molecular weight excluding hydrogens is 155 g/mol. The third kappa shape index (κ3) is 2.60. The highest BCUT2D eigenvalue weighted by Gasteiger charge is 2.17. The first-order chi connectivity index (χ1) is 5.70. The zero-order valence-electron chi connectivity index (χ0n) is 7.14. The van der Waals surface area contributed by atoms with Crippen molar-refractivity contribution in [3.8, 4) is 0 Å². The highest BCUT2D eigenvalue weighted by atomic mass is 16.5. The molecule has 1 aromatic heterocycles. The molecule has 0 aliphatic heterocycles. The maximum Gasteiger partial charge on any atom is 0.494 e. The van der Waals surface area contributed by atoms with Gasteiger partial charge in [-0.3, -0.25) is 0 Å². The number of nitrogens with zero attached hydrogens (tertiary/aromatic N) is 2. The van der Waals surface area contributed by atoms with Crippen molar-refractivity contribution in [2.45, 2.75) is 20.0 Å². The molecule has 1 heterocycles. The summed E-state index contributed by atoms with van der Waals surface area (Å²) in [7, 11) is -0.925. The Bertz CT molecular complexity index is 230. The fraction of sp³-hybridized carbons (Fsp3) is 0.429. The van der Waals surface area contributed by atoms with Crippen molar-refractivity contribution < 1.29 is 9.68 Å². The minimum Gasteiger partial charge on any atom is -0.423 e. The summed E-state index contributed by atoms with van der Waals surface area (Å²) in [6.45, 7) is 3.71. The molecule has 0 spiro atoms. The molecular formula is C7H11BN2O2. The van der Waals surface area contributed by atoms with Crippen molar-refractivity contribution in [3.05, 3.63) is 18.7 Å². The third-order valence-corrected chi connectivity index (χ3v) is 1.27. The number of rotatable bonds is 3. The van der Waals surface area contributed by atoms with E-state index in [4.69, 9.17) is 4.65 Å². The second-order valence-corrected chi connectivity index (χ2v) is 2.71. The van der Waals surface area contributed by atoms with Gasteiger partial charge >= 0.3 is 7.12 Å². The Balaban J connectivity index is 2.59. The lowest BCUT2D eigenvalue weighted by Crippen LogP contribution is -2.36. The van der Waals surface area contributed by atoms with Crippen LogP contribution >= 0.6 is 0 Å². The van der Waals surface area contributed by atoms with Gasteiger partial charge in [0, 0.05) is 24.0 Å². The number of aromatic nitrogens is 2. The summed E-state index contributed by atoms with van der Waals surface area (Å²) in [5.41, 5.74) is 0.575. The van der Waals surface area contributed by atoms with E-state index in [0.717, 1.165) is 0 Å². The van der Waals surface area contributed by atoms with E-state index in [1.54, 1.807) is 0 Å². The van der Waals surface area contributed by atoms with Gasteiger partial charge in [-0.2, -0.15) is 0 Å². The van der Waals surface area contributed by atoms with Gasteiger partial charge in [0.1, 0.15) is 6.33 Å². The largest absolute Gasteiger partial charge is 0.494 e. The van der Waals surface area contributed by atoms with Crippen LogP contribution in [-0.2, 0) is 4.65 Å². The molecule has 1 aromatic rings. The molecule has 0 atom stereocenters. The molecule has 0 saturated heterocycles. The normalized spacial score (nSPS) is 10.3. The Hall–Kier alpha value is -0.935. The summed E-state index contributed by atoms with van der Waals surface area (Å²) in [6, 6.07) is 0. The molecule has 1 rings (SSSR count). The Morgan fingerprint density at radius 2 is 2.00 bits per heavy atom. The molecule has 0 fully saturated rings. The molecule has 0 saturated carbocycles. The third-order valence-electron chi connectivity index (χ3n) is 1.27. The Morgan fingerprint density at radius 1 is 1.42 bits per heavy atom. The highest BCUT2D eigenvalue weighted by molar-refractivity contribution is 6.59. The van der Waals surface area contributed by atoms with Gasteiger partial charge in [-0.25, -0.2) is 9.97 Å².